The molecular weight excluding hydrogens is 216 g/mol. The highest BCUT2D eigenvalue weighted by Crippen LogP contribution is 2.29. The van der Waals surface area contributed by atoms with Gasteiger partial charge in [-0.05, 0) is 24.5 Å². The average molecular weight is 229 g/mol. The van der Waals surface area contributed by atoms with Crippen LogP contribution in [0.15, 0.2) is 47.4 Å². The van der Waals surface area contributed by atoms with Gasteiger partial charge in [0, 0.05) is 11.0 Å². The first-order valence-corrected chi connectivity index (χ1v) is 6.20. The van der Waals surface area contributed by atoms with E-state index in [1.165, 1.54) is 4.90 Å². The van der Waals surface area contributed by atoms with Crippen molar-refractivity contribution in [3.63, 3.8) is 0 Å². The predicted molar refractivity (Wildman–Crippen MR) is 71.2 cm³/mol. The quantitative estimate of drug-likeness (QED) is 0.624. The van der Waals surface area contributed by atoms with Crippen LogP contribution in [-0.2, 0) is 0 Å². The van der Waals surface area contributed by atoms with Gasteiger partial charge in [0.2, 0.25) is 0 Å². The van der Waals surface area contributed by atoms with Gasteiger partial charge in [0.15, 0.2) is 0 Å². The molecule has 0 spiro atoms. The second-order valence-electron chi connectivity index (χ2n) is 3.33. The fraction of sp³-hybridized carbons (Fsp3) is 0.0769. The molecule has 0 amide bonds. The molecule has 1 radical (unpaired) electrons. The van der Waals surface area contributed by atoms with Gasteiger partial charge < -0.3 is 11.1 Å². The molecule has 0 aliphatic rings. The minimum Gasteiger partial charge on any atom is -0.397 e. The van der Waals surface area contributed by atoms with E-state index in [2.05, 4.69) is 23.7 Å². The molecule has 0 atom stereocenters. The normalized spacial score (nSPS) is 10.1. The SMILES string of the molecule is CSc1ccccc1Nc1[c]cccc1N. The second-order valence-corrected chi connectivity index (χ2v) is 4.17. The summed E-state index contributed by atoms with van der Waals surface area (Å²) < 4.78 is 0. The molecule has 3 N–H and O–H groups in total. The predicted octanol–water partition coefficient (Wildman–Crippen LogP) is 3.53. The van der Waals surface area contributed by atoms with E-state index in [9.17, 15) is 0 Å². The van der Waals surface area contributed by atoms with Gasteiger partial charge in [0.05, 0.1) is 17.1 Å². The van der Waals surface area contributed by atoms with Crippen LogP contribution in [0.3, 0.4) is 0 Å². The van der Waals surface area contributed by atoms with E-state index in [-0.39, 0.29) is 0 Å². The van der Waals surface area contributed by atoms with E-state index in [1.807, 2.05) is 36.4 Å². The topological polar surface area (TPSA) is 38.0 Å². The van der Waals surface area contributed by atoms with E-state index >= 15 is 0 Å². The first-order chi connectivity index (χ1) is 7.81. The number of hydrogen-bond donors (Lipinski definition) is 2. The van der Waals surface area contributed by atoms with Gasteiger partial charge in [-0.1, -0.05) is 24.3 Å². The number of thioether (sulfide) groups is 1. The van der Waals surface area contributed by atoms with Crippen molar-refractivity contribution >= 4 is 28.8 Å². The number of rotatable bonds is 3. The van der Waals surface area contributed by atoms with Crippen molar-refractivity contribution in [3.05, 3.63) is 48.5 Å². The molecule has 16 heavy (non-hydrogen) atoms. The maximum Gasteiger partial charge on any atom is 0.0698 e. The molecule has 2 aromatic rings. The minimum atomic E-state index is 0.707. The summed E-state index contributed by atoms with van der Waals surface area (Å²) >= 11 is 1.70. The smallest absolute Gasteiger partial charge is 0.0698 e. The van der Waals surface area contributed by atoms with Gasteiger partial charge in [-0.2, -0.15) is 0 Å². The molecule has 0 heterocycles. The van der Waals surface area contributed by atoms with Gasteiger partial charge in [0.25, 0.3) is 0 Å². The maximum absolute atomic E-state index is 5.86. The van der Waals surface area contributed by atoms with Gasteiger partial charge in [0.1, 0.15) is 0 Å². The lowest BCUT2D eigenvalue weighted by Gasteiger charge is -2.11. The maximum atomic E-state index is 5.86. The molecule has 0 aliphatic carbocycles. The number of benzene rings is 2. The molecule has 0 saturated carbocycles. The molecular formula is C13H13N2S. The lowest BCUT2D eigenvalue weighted by Crippen LogP contribution is -1.96. The zero-order valence-electron chi connectivity index (χ0n) is 9.03. The van der Waals surface area contributed by atoms with Crippen LogP contribution in [-0.4, -0.2) is 6.26 Å². The summed E-state index contributed by atoms with van der Waals surface area (Å²) in [5.41, 5.74) is 8.45. The molecule has 2 rings (SSSR count). The Bertz CT molecular complexity index is 483. The number of nitrogens with one attached hydrogen (secondary N) is 1. The Hall–Kier alpha value is -1.61. The van der Waals surface area contributed by atoms with Crippen LogP contribution in [0.25, 0.3) is 0 Å². The standard InChI is InChI=1S/C13H13N2S/c1-16-13-9-5-4-8-12(13)15-11-7-3-2-6-10(11)14/h2-6,8-9,15H,14H2,1H3. The Kier molecular flexibility index (Phi) is 3.37. The Morgan fingerprint density at radius 3 is 2.75 bits per heavy atom. The van der Waals surface area contributed by atoms with Crippen LogP contribution in [0.4, 0.5) is 17.1 Å². The summed E-state index contributed by atoms with van der Waals surface area (Å²) in [4.78, 5) is 1.19. The van der Waals surface area contributed by atoms with Crippen molar-refractivity contribution in [2.75, 3.05) is 17.3 Å². The molecule has 2 nitrogen and oxygen atoms in total. The number of para-hydroxylation sites is 2. The molecule has 0 aliphatic heterocycles. The van der Waals surface area contributed by atoms with Crippen LogP contribution >= 0.6 is 11.8 Å². The molecule has 2 aromatic carbocycles. The van der Waals surface area contributed by atoms with E-state index in [0.29, 0.717) is 5.69 Å². The monoisotopic (exact) mass is 229 g/mol. The summed E-state index contributed by atoms with van der Waals surface area (Å²) in [6.45, 7) is 0. The number of nitrogen functional groups attached to an aromatic ring is 1. The molecule has 0 fully saturated rings. The number of nitrogens with two attached hydrogens (primary N) is 1. The molecule has 0 aromatic heterocycles. The van der Waals surface area contributed by atoms with Crippen LogP contribution in [0.2, 0.25) is 0 Å². The van der Waals surface area contributed by atoms with E-state index in [4.69, 9.17) is 5.73 Å². The van der Waals surface area contributed by atoms with Crippen molar-refractivity contribution in [1.29, 1.82) is 0 Å². The summed E-state index contributed by atoms with van der Waals surface area (Å²) in [5.74, 6) is 0. The summed E-state index contributed by atoms with van der Waals surface area (Å²) in [5, 5.41) is 3.29. The van der Waals surface area contributed by atoms with Crippen LogP contribution in [0, 0.1) is 6.07 Å². The third-order valence-electron chi connectivity index (χ3n) is 2.25. The van der Waals surface area contributed by atoms with Crippen molar-refractivity contribution in [1.82, 2.24) is 0 Å². The fourth-order valence-corrected chi connectivity index (χ4v) is 1.99. The van der Waals surface area contributed by atoms with Crippen LogP contribution in [0.1, 0.15) is 0 Å². The van der Waals surface area contributed by atoms with Crippen molar-refractivity contribution in [2.24, 2.45) is 0 Å². The average Bonchev–Trinajstić information content (AvgIpc) is 2.33. The summed E-state index contributed by atoms with van der Waals surface area (Å²) in [6, 6.07) is 16.8. The highest BCUT2D eigenvalue weighted by atomic mass is 32.2. The molecule has 0 unspecified atom stereocenters. The van der Waals surface area contributed by atoms with Gasteiger partial charge >= 0.3 is 0 Å². The third kappa shape index (κ3) is 2.31. The Balaban J connectivity index is 2.30. The lowest BCUT2D eigenvalue weighted by molar-refractivity contribution is 1.41. The van der Waals surface area contributed by atoms with E-state index < -0.39 is 0 Å². The van der Waals surface area contributed by atoms with Gasteiger partial charge in [-0.15, -0.1) is 11.8 Å². The molecule has 3 heteroatoms. The lowest BCUT2D eigenvalue weighted by atomic mass is 10.2. The summed E-state index contributed by atoms with van der Waals surface area (Å²) in [7, 11) is 0. The van der Waals surface area contributed by atoms with Crippen molar-refractivity contribution in [3.8, 4) is 0 Å². The Labute approximate surface area is 99.9 Å². The van der Waals surface area contributed by atoms with E-state index in [1.54, 1.807) is 11.8 Å². The number of hydrogen-bond acceptors (Lipinski definition) is 3. The zero-order valence-corrected chi connectivity index (χ0v) is 9.84. The van der Waals surface area contributed by atoms with Crippen molar-refractivity contribution < 1.29 is 0 Å². The fourth-order valence-electron chi connectivity index (χ4n) is 1.44. The first kappa shape index (κ1) is 10.9. The third-order valence-corrected chi connectivity index (χ3v) is 3.05. The first-order valence-electron chi connectivity index (χ1n) is 4.97. The molecule has 81 valence electrons. The van der Waals surface area contributed by atoms with Crippen LogP contribution in [0.5, 0.6) is 0 Å². The van der Waals surface area contributed by atoms with Gasteiger partial charge in [-0.25, -0.2) is 0 Å². The Morgan fingerprint density at radius 2 is 2.00 bits per heavy atom. The highest BCUT2D eigenvalue weighted by Gasteiger charge is 2.02. The van der Waals surface area contributed by atoms with Gasteiger partial charge in [-0.3, -0.25) is 0 Å². The summed E-state index contributed by atoms with van der Waals surface area (Å²) in [6.07, 6.45) is 2.05. The minimum absolute atomic E-state index is 0.707. The molecule has 0 saturated heterocycles. The van der Waals surface area contributed by atoms with E-state index in [0.717, 1.165) is 11.4 Å². The molecule has 0 bridgehead atoms. The number of anilines is 3. The highest BCUT2D eigenvalue weighted by molar-refractivity contribution is 7.98. The Morgan fingerprint density at radius 1 is 1.19 bits per heavy atom. The largest absolute Gasteiger partial charge is 0.397 e. The van der Waals surface area contributed by atoms with Crippen LogP contribution < -0.4 is 11.1 Å². The van der Waals surface area contributed by atoms with Crippen molar-refractivity contribution in [2.45, 2.75) is 4.90 Å². The zero-order chi connectivity index (χ0) is 11.4. The second kappa shape index (κ2) is 4.94.